The Morgan fingerprint density at radius 2 is 2.11 bits per heavy atom. The van der Waals surface area contributed by atoms with Crippen LogP contribution in [0.5, 0.6) is 0 Å². The van der Waals surface area contributed by atoms with Crippen LogP contribution in [0, 0.1) is 5.82 Å². The van der Waals surface area contributed by atoms with Crippen LogP contribution < -0.4 is 5.32 Å². The predicted octanol–water partition coefficient (Wildman–Crippen LogP) is 0.919. The fraction of sp³-hybridized carbons (Fsp3) is 0.417. The summed E-state index contributed by atoms with van der Waals surface area (Å²) >= 11 is 0. The van der Waals surface area contributed by atoms with Crippen molar-refractivity contribution in [3.05, 3.63) is 35.6 Å². The number of nitrogens with one attached hydrogen (secondary N) is 1. The monoisotopic (exact) mass is 273 g/mol. The Hall–Kier alpha value is -1.43. The predicted molar refractivity (Wildman–Crippen MR) is 67.4 cm³/mol. The third-order valence-electron chi connectivity index (χ3n) is 2.32. The van der Waals surface area contributed by atoms with Crippen LogP contribution in [0.1, 0.15) is 12.0 Å². The van der Waals surface area contributed by atoms with Crippen LogP contribution in [-0.2, 0) is 21.1 Å². The molecular weight excluding hydrogens is 257 g/mol. The van der Waals surface area contributed by atoms with Gasteiger partial charge in [0.15, 0.2) is 0 Å². The number of amides is 1. The summed E-state index contributed by atoms with van der Waals surface area (Å²) in [5, 5.41) is 2.51. The molecule has 0 saturated heterocycles. The van der Waals surface area contributed by atoms with E-state index in [1.165, 1.54) is 12.1 Å². The van der Waals surface area contributed by atoms with Crippen molar-refractivity contribution in [2.45, 2.75) is 12.8 Å². The van der Waals surface area contributed by atoms with Gasteiger partial charge in [-0.15, -0.1) is 0 Å². The Labute approximate surface area is 106 Å². The lowest BCUT2D eigenvalue weighted by atomic mass is 10.1. The molecular formula is C12H16FNO3S. The van der Waals surface area contributed by atoms with Crippen molar-refractivity contribution in [1.82, 2.24) is 5.32 Å². The molecule has 18 heavy (non-hydrogen) atoms. The number of rotatable bonds is 6. The number of halogens is 1. The van der Waals surface area contributed by atoms with E-state index in [-0.39, 0.29) is 30.4 Å². The molecule has 100 valence electrons. The minimum atomic E-state index is -3.06. The van der Waals surface area contributed by atoms with Gasteiger partial charge in [-0.25, -0.2) is 12.8 Å². The summed E-state index contributed by atoms with van der Waals surface area (Å²) in [6.07, 6.45) is 1.77. The minimum Gasteiger partial charge on any atom is -0.355 e. The van der Waals surface area contributed by atoms with Crippen molar-refractivity contribution in [3.8, 4) is 0 Å². The standard InChI is InChI=1S/C12H16FNO3S/c1-18(16,17)8-7-14-12(15)6-5-10-3-2-4-11(13)9-10/h2-4,9H,5-8H2,1H3,(H,14,15). The van der Waals surface area contributed by atoms with Crippen molar-refractivity contribution in [3.63, 3.8) is 0 Å². The van der Waals surface area contributed by atoms with Gasteiger partial charge >= 0.3 is 0 Å². The summed E-state index contributed by atoms with van der Waals surface area (Å²) in [4.78, 5) is 11.4. The first-order valence-corrected chi connectivity index (χ1v) is 7.62. The number of carbonyl (C=O) groups excluding carboxylic acids is 1. The van der Waals surface area contributed by atoms with E-state index in [0.29, 0.717) is 6.42 Å². The molecule has 0 heterocycles. The number of benzene rings is 1. The highest BCUT2D eigenvalue weighted by Gasteiger charge is 2.05. The van der Waals surface area contributed by atoms with Crippen molar-refractivity contribution in [2.24, 2.45) is 0 Å². The molecule has 1 N–H and O–H groups in total. The Morgan fingerprint density at radius 3 is 2.72 bits per heavy atom. The Kier molecular flexibility index (Phi) is 5.27. The molecule has 1 aromatic carbocycles. The van der Waals surface area contributed by atoms with E-state index >= 15 is 0 Å². The second kappa shape index (κ2) is 6.49. The molecule has 1 amide bonds. The highest BCUT2D eigenvalue weighted by atomic mass is 32.2. The molecule has 0 saturated carbocycles. The quantitative estimate of drug-likeness (QED) is 0.838. The van der Waals surface area contributed by atoms with Crippen LogP contribution in [0.3, 0.4) is 0 Å². The maximum atomic E-state index is 12.9. The van der Waals surface area contributed by atoms with Gasteiger partial charge in [0, 0.05) is 19.2 Å². The molecule has 0 aliphatic rings. The zero-order valence-corrected chi connectivity index (χ0v) is 11.0. The molecule has 1 aromatic rings. The molecule has 4 nitrogen and oxygen atoms in total. The largest absolute Gasteiger partial charge is 0.355 e. The number of aryl methyl sites for hydroxylation is 1. The van der Waals surface area contributed by atoms with Crippen LogP contribution in [0.4, 0.5) is 4.39 Å². The van der Waals surface area contributed by atoms with Gasteiger partial charge in [-0.1, -0.05) is 12.1 Å². The fourth-order valence-corrected chi connectivity index (χ4v) is 1.89. The molecule has 1 rings (SSSR count). The number of hydrogen-bond acceptors (Lipinski definition) is 3. The van der Waals surface area contributed by atoms with Crippen molar-refractivity contribution >= 4 is 15.7 Å². The van der Waals surface area contributed by atoms with Gasteiger partial charge < -0.3 is 5.32 Å². The second-order valence-electron chi connectivity index (χ2n) is 4.11. The topological polar surface area (TPSA) is 63.2 Å². The SMILES string of the molecule is CS(=O)(=O)CCNC(=O)CCc1cccc(F)c1. The number of carbonyl (C=O) groups is 1. The first kappa shape index (κ1) is 14.6. The molecule has 0 unspecified atom stereocenters. The molecule has 0 aliphatic carbocycles. The minimum absolute atomic E-state index is 0.0707. The van der Waals surface area contributed by atoms with Gasteiger partial charge in [0.2, 0.25) is 5.91 Å². The van der Waals surface area contributed by atoms with Crippen LogP contribution in [0.15, 0.2) is 24.3 Å². The van der Waals surface area contributed by atoms with Gasteiger partial charge in [0.1, 0.15) is 15.7 Å². The average Bonchev–Trinajstić information content (AvgIpc) is 2.25. The molecule has 0 aliphatic heterocycles. The molecule has 0 aromatic heterocycles. The van der Waals surface area contributed by atoms with Crippen LogP contribution >= 0.6 is 0 Å². The van der Waals surface area contributed by atoms with Crippen LogP contribution in [-0.4, -0.2) is 32.9 Å². The summed E-state index contributed by atoms with van der Waals surface area (Å²) in [7, 11) is -3.06. The molecule has 0 fully saturated rings. The van der Waals surface area contributed by atoms with Gasteiger partial charge in [0.25, 0.3) is 0 Å². The fourth-order valence-electron chi connectivity index (χ4n) is 1.41. The normalized spacial score (nSPS) is 11.2. The van der Waals surface area contributed by atoms with E-state index in [1.807, 2.05) is 0 Å². The lowest BCUT2D eigenvalue weighted by molar-refractivity contribution is -0.120. The molecule has 0 radical (unpaired) electrons. The Balaban J connectivity index is 2.29. The van der Waals surface area contributed by atoms with Crippen molar-refractivity contribution < 1.29 is 17.6 Å². The van der Waals surface area contributed by atoms with E-state index in [1.54, 1.807) is 12.1 Å². The van der Waals surface area contributed by atoms with Crippen molar-refractivity contribution in [1.29, 1.82) is 0 Å². The lowest BCUT2D eigenvalue weighted by Gasteiger charge is -2.04. The zero-order valence-electron chi connectivity index (χ0n) is 10.1. The third kappa shape index (κ3) is 6.34. The van der Waals surface area contributed by atoms with Crippen molar-refractivity contribution in [2.75, 3.05) is 18.6 Å². The van der Waals surface area contributed by atoms with Gasteiger partial charge in [-0.3, -0.25) is 4.79 Å². The second-order valence-corrected chi connectivity index (χ2v) is 6.37. The summed E-state index contributed by atoms with van der Waals surface area (Å²) in [5.41, 5.74) is 0.744. The van der Waals surface area contributed by atoms with E-state index in [9.17, 15) is 17.6 Å². The average molecular weight is 273 g/mol. The Bertz CT molecular complexity index is 514. The third-order valence-corrected chi connectivity index (χ3v) is 3.27. The lowest BCUT2D eigenvalue weighted by Crippen LogP contribution is -2.28. The summed E-state index contributed by atoms with van der Waals surface area (Å²) in [6.45, 7) is 0.112. The zero-order chi connectivity index (χ0) is 13.6. The molecule has 0 spiro atoms. The van der Waals surface area contributed by atoms with E-state index in [0.717, 1.165) is 11.8 Å². The maximum Gasteiger partial charge on any atom is 0.220 e. The highest BCUT2D eigenvalue weighted by molar-refractivity contribution is 7.90. The van der Waals surface area contributed by atoms with E-state index in [2.05, 4.69) is 5.32 Å². The summed E-state index contributed by atoms with van der Waals surface area (Å²) < 4.78 is 34.5. The maximum absolute atomic E-state index is 12.9. The van der Waals surface area contributed by atoms with Gasteiger partial charge in [-0.05, 0) is 24.1 Å². The van der Waals surface area contributed by atoms with Crippen LogP contribution in [0.2, 0.25) is 0 Å². The molecule has 0 bridgehead atoms. The highest BCUT2D eigenvalue weighted by Crippen LogP contribution is 2.05. The number of hydrogen-bond donors (Lipinski definition) is 1. The smallest absolute Gasteiger partial charge is 0.220 e. The first-order chi connectivity index (χ1) is 8.37. The van der Waals surface area contributed by atoms with E-state index < -0.39 is 9.84 Å². The number of sulfone groups is 1. The van der Waals surface area contributed by atoms with E-state index in [4.69, 9.17) is 0 Å². The molecule has 6 heteroatoms. The summed E-state index contributed by atoms with van der Waals surface area (Å²) in [6, 6.07) is 6.05. The van der Waals surface area contributed by atoms with Gasteiger partial charge in [-0.2, -0.15) is 0 Å². The van der Waals surface area contributed by atoms with Gasteiger partial charge in [0.05, 0.1) is 5.75 Å². The van der Waals surface area contributed by atoms with Crippen LogP contribution in [0.25, 0.3) is 0 Å². The molecule has 0 atom stereocenters. The Morgan fingerprint density at radius 1 is 1.39 bits per heavy atom. The summed E-state index contributed by atoms with van der Waals surface area (Å²) in [5.74, 6) is -0.633. The first-order valence-electron chi connectivity index (χ1n) is 5.56.